The average molecular weight is 176 g/mol. The van der Waals surface area contributed by atoms with E-state index in [-0.39, 0.29) is 0 Å². The summed E-state index contributed by atoms with van der Waals surface area (Å²) >= 11 is 0. The van der Waals surface area contributed by atoms with E-state index in [1.165, 1.54) is 16.6 Å². The van der Waals surface area contributed by atoms with Gasteiger partial charge in [0.05, 0.1) is 6.61 Å². The molecule has 0 spiro atoms. The van der Waals surface area contributed by atoms with Crippen molar-refractivity contribution in [2.24, 2.45) is 0 Å². The molecule has 2 rings (SSSR count). The Kier molecular flexibility index (Phi) is 3.55. The lowest BCUT2D eigenvalue weighted by Crippen LogP contribution is -2.24. The van der Waals surface area contributed by atoms with Crippen molar-refractivity contribution >= 4 is 12.4 Å². The zero-order chi connectivity index (χ0) is 9.84. The van der Waals surface area contributed by atoms with Crippen LogP contribution in [0.1, 0.15) is 25.0 Å². The summed E-state index contributed by atoms with van der Waals surface area (Å²) < 4.78 is 5.48. The summed E-state index contributed by atoms with van der Waals surface area (Å²) in [4.78, 5) is 0. The van der Waals surface area contributed by atoms with Gasteiger partial charge in [-0.1, -0.05) is 44.4 Å². The molecule has 0 aromatic heterocycles. The Balaban J connectivity index is 0.000000396. The van der Waals surface area contributed by atoms with Crippen LogP contribution in [0.2, 0.25) is 6.82 Å². The smallest absolute Gasteiger partial charge is 0.324 e. The van der Waals surface area contributed by atoms with Gasteiger partial charge in [-0.15, -0.1) is 0 Å². The molecule has 0 saturated carbocycles. The lowest BCUT2D eigenvalue weighted by molar-refractivity contribution is 0.333. The molecule has 0 saturated heterocycles. The minimum absolute atomic E-state index is 0.296. The Morgan fingerprint density at radius 1 is 1.31 bits per heavy atom. The monoisotopic (exact) mass is 176 g/mol. The molecule has 0 fully saturated rings. The highest BCUT2D eigenvalue weighted by atomic mass is 16.4. The van der Waals surface area contributed by atoms with Crippen molar-refractivity contribution in [3.8, 4) is 0 Å². The van der Waals surface area contributed by atoms with Crippen LogP contribution in [0, 0.1) is 6.92 Å². The van der Waals surface area contributed by atoms with Crippen molar-refractivity contribution in [2.45, 2.75) is 34.2 Å². The third-order valence-corrected chi connectivity index (χ3v) is 2.23. The highest BCUT2D eigenvalue weighted by Gasteiger charge is 2.22. The summed E-state index contributed by atoms with van der Waals surface area (Å²) in [5, 5.41) is 0. The van der Waals surface area contributed by atoms with Gasteiger partial charge < -0.3 is 4.65 Å². The molecule has 0 bridgehead atoms. The number of fused-ring (bicyclic) bond motifs is 1. The molecule has 1 aliphatic heterocycles. The molecule has 0 atom stereocenters. The van der Waals surface area contributed by atoms with Gasteiger partial charge in [-0.25, -0.2) is 0 Å². The molecular formula is C11H17BO. The van der Waals surface area contributed by atoms with E-state index in [0.717, 1.165) is 6.61 Å². The zero-order valence-corrected chi connectivity index (χ0v) is 8.92. The summed E-state index contributed by atoms with van der Waals surface area (Å²) in [5.41, 5.74) is 4.04. The SMILES string of the molecule is CB1OCc2ccc(C)cc21.CC. The Labute approximate surface area is 81.2 Å². The van der Waals surface area contributed by atoms with Crippen molar-refractivity contribution in [3.05, 3.63) is 29.3 Å². The quantitative estimate of drug-likeness (QED) is 0.551. The fraction of sp³-hybridized carbons (Fsp3) is 0.455. The number of rotatable bonds is 0. The Morgan fingerprint density at radius 3 is 2.69 bits per heavy atom. The summed E-state index contributed by atoms with van der Waals surface area (Å²) in [6.07, 6.45) is 0. The van der Waals surface area contributed by atoms with Crippen LogP contribution in [-0.4, -0.2) is 6.92 Å². The number of benzene rings is 1. The molecule has 0 unspecified atom stereocenters. The Bertz CT molecular complexity index is 283. The Morgan fingerprint density at radius 2 is 2.00 bits per heavy atom. The van der Waals surface area contributed by atoms with Gasteiger partial charge in [0.2, 0.25) is 0 Å². The van der Waals surface area contributed by atoms with Crippen molar-refractivity contribution in [1.29, 1.82) is 0 Å². The summed E-state index contributed by atoms with van der Waals surface area (Å²) in [6.45, 7) is 9.30. The maximum atomic E-state index is 5.48. The van der Waals surface area contributed by atoms with Crippen LogP contribution in [0.4, 0.5) is 0 Å². The van der Waals surface area contributed by atoms with E-state index in [9.17, 15) is 0 Å². The molecule has 1 nitrogen and oxygen atoms in total. The second-order valence-electron chi connectivity index (χ2n) is 3.16. The number of hydrogen-bond acceptors (Lipinski definition) is 1. The molecule has 0 radical (unpaired) electrons. The van der Waals surface area contributed by atoms with Crippen molar-refractivity contribution in [2.75, 3.05) is 0 Å². The van der Waals surface area contributed by atoms with Crippen LogP contribution in [0.3, 0.4) is 0 Å². The maximum Gasteiger partial charge on any atom is 0.324 e. The third-order valence-electron chi connectivity index (χ3n) is 2.23. The normalized spacial score (nSPS) is 13.4. The molecule has 13 heavy (non-hydrogen) atoms. The predicted molar refractivity (Wildman–Crippen MR) is 58.6 cm³/mol. The molecule has 2 heteroatoms. The number of aryl methyl sites for hydroxylation is 1. The van der Waals surface area contributed by atoms with Crippen LogP contribution in [-0.2, 0) is 11.3 Å². The van der Waals surface area contributed by atoms with Gasteiger partial charge in [0.25, 0.3) is 0 Å². The van der Waals surface area contributed by atoms with E-state index in [4.69, 9.17) is 4.65 Å². The van der Waals surface area contributed by atoms with Crippen molar-refractivity contribution in [3.63, 3.8) is 0 Å². The first-order valence-electron chi connectivity index (χ1n) is 4.98. The Hall–Kier alpha value is -0.755. The van der Waals surface area contributed by atoms with Crippen LogP contribution < -0.4 is 5.46 Å². The van der Waals surface area contributed by atoms with Crippen LogP contribution in [0.5, 0.6) is 0 Å². The van der Waals surface area contributed by atoms with Crippen LogP contribution >= 0.6 is 0 Å². The first-order chi connectivity index (χ1) is 6.27. The van der Waals surface area contributed by atoms with Crippen LogP contribution in [0.15, 0.2) is 18.2 Å². The first-order valence-corrected chi connectivity index (χ1v) is 4.98. The summed E-state index contributed by atoms with van der Waals surface area (Å²) in [7, 11) is 0. The molecule has 1 aliphatic rings. The van der Waals surface area contributed by atoms with Gasteiger partial charge in [-0.3, -0.25) is 0 Å². The van der Waals surface area contributed by atoms with E-state index in [2.05, 4.69) is 31.9 Å². The minimum Gasteiger partial charge on any atom is -0.427 e. The average Bonchev–Trinajstić information content (AvgIpc) is 2.52. The molecule has 70 valence electrons. The van der Waals surface area contributed by atoms with Gasteiger partial charge in [0, 0.05) is 0 Å². The van der Waals surface area contributed by atoms with E-state index in [0.29, 0.717) is 6.92 Å². The fourth-order valence-electron chi connectivity index (χ4n) is 1.53. The topological polar surface area (TPSA) is 9.23 Å². The maximum absolute atomic E-state index is 5.48. The van der Waals surface area contributed by atoms with Crippen LogP contribution in [0.25, 0.3) is 0 Å². The highest BCUT2D eigenvalue weighted by Crippen LogP contribution is 2.11. The van der Waals surface area contributed by atoms with Gasteiger partial charge in [-0.2, -0.15) is 0 Å². The van der Waals surface area contributed by atoms with Gasteiger partial charge >= 0.3 is 6.92 Å². The molecule has 1 heterocycles. The van der Waals surface area contributed by atoms with Gasteiger partial charge in [0.1, 0.15) is 0 Å². The molecule has 1 aromatic carbocycles. The molecule has 0 N–H and O–H groups in total. The molecule has 1 aromatic rings. The number of hydrogen-bond donors (Lipinski definition) is 0. The van der Waals surface area contributed by atoms with Gasteiger partial charge in [0.15, 0.2) is 0 Å². The fourth-order valence-corrected chi connectivity index (χ4v) is 1.53. The molecule has 0 aliphatic carbocycles. The minimum atomic E-state index is 0.296. The summed E-state index contributed by atoms with van der Waals surface area (Å²) in [6, 6.07) is 6.52. The zero-order valence-electron chi connectivity index (χ0n) is 8.92. The molecular weight excluding hydrogens is 159 g/mol. The third kappa shape index (κ3) is 2.13. The molecule has 0 amide bonds. The predicted octanol–water partition coefficient (Wildman–Crippen LogP) is 2.38. The largest absolute Gasteiger partial charge is 0.427 e. The lowest BCUT2D eigenvalue weighted by Gasteiger charge is -1.99. The van der Waals surface area contributed by atoms with E-state index in [1.54, 1.807) is 0 Å². The standard InChI is InChI=1S/C9H11BO.C2H6/c1-7-3-4-8-6-11-10(2)9(8)5-7;1-2/h3-5H,6H2,1-2H3;1-2H3. The lowest BCUT2D eigenvalue weighted by atomic mass is 9.64. The van der Waals surface area contributed by atoms with E-state index >= 15 is 0 Å². The van der Waals surface area contributed by atoms with E-state index < -0.39 is 0 Å². The van der Waals surface area contributed by atoms with E-state index in [1.807, 2.05) is 13.8 Å². The van der Waals surface area contributed by atoms with Crippen molar-refractivity contribution in [1.82, 2.24) is 0 Å². The second-order valence-corrected chi connectivity index (χ2v) is 3.16. The second kappa shape index (κ2) is 4.47. The van der Waals surface area contributed by atoms with Gasteiger partial charge in [-0.05, 0) is 17.9 Å². The summed E-state index contributed by atoms with van der Waals surface area (Å²) in [5.74, 6) is 0. The first kappa shape index (κ1) is 10.3. The highest BCUT2D eigenvalue weighted by molar-refractivity contribution is 6.67. The van der Waals surface area contributed by atoms with Crippen molar-refractivity contribution < 1.29 is 4.65 Å².